The summed E-state index contributed by atoms with van der Waals surface area (Å²) in [4.78, 5) is 0. The molecular formula is C19H30O. The third-order valence-electron chi connectivity index (χ3n) is 4.83. The Morgan fingerprint density at radius 1 is 1.15 bits per heavy atom. The number of benzene rings is 1. The number of rotatable bonds is 4. The number of hydrogen-bond acceptors (Lipinski definition) is 1. The van der Waals surface area contributed by atoms with Crippen LogP contribution in [0.5, 0.6) is 0 Å². The highest BCUT2D eigenvalue weighted by atomic mass is 16.3. The van der Waals surface area contributed by atoms with Crippen molar-refractivity contribution in [1.29, 1.82) is 0 Å². The SMILES string of the molecule is Cc1cc(C(C)(C)C)cc(C)c1CC(O)CC1CCC1. The Labute approximate surface area is 124 Å². The molecule has 1 fully saturated rings. The normalized spacial score (nSPS) is 17.9. The van der Waals surface area contributed by atoms with Gasteiger partial charge in [0.1, 0.15) is 0 Å². The molecule has 0 spiro atoms. The molecule has 1 unspecified atom stereocenters. The quantitative estimate of drug-likeness (QED) is 0.844. The first kappa shape index (κ1) is 15.6. The Balaban J connectivity index is 2.11. The van der Waals surface area contributed by atoms with E-state index in [0.29, 0.717) is 0 Å². The first-order chi connectivity index (χ1) is 9.27. The van der Waals surface area contributed by atoms with Crippen molar-refractivity contribution in [1.82, 2.24) is 0 Å². The van der Waals surface area contributed by atoms with Crippen molar-refractivity contribution in [3.8, 4) is 0 Å². The van der Waals surface area contributed by atoms with Gasteiger partial charge in [-0.25, -0.2) is 0 Å². The zero-order valence-corrected chi connectivity index (χ0v) is 13.8. The lowest BCUT2D eigenvalue weighted by Gasteiger charge is -2.28. The number of aliphatic hydroxyl groups is 1. The fraction of sp³-hybridized carbons (Fsp3) is 0.684. The fourth-order valence-corrected chi connectivity index (χ4v) is 3.18. The van der Waals surface area contributed by atoms with Crippen molar-refractivity contribution < 1.29 is 5.11 Å². The van der Waals surface area contributed by atoms with E-state index in [2.05, 4.69) is 46.8 Å². The van der Waals surface area contributed by atoms with Crippen LogP contribution in [0, 0.1) is 19.8 Å². The summed E-state index contributed by atoms with van der Waals surface area (Å²) in [5, 5.41) is 10.3. The van der Waals surface area contributed by atoms with Crippen LogP contribution >= 0.6 is 0 Å². The van der Waals surface area contributed by atoms with Crippen molar-refractivity contribution in [2.75, 3.05) is 0 Å². The van der Waals surface area contributed by atoms with Crippen molar-refractivity contribution >= 4 is 0 Å². The van der Waals surface area contributed by atoms with Crippen LogP contribution in [0.4, 0.5) is 0 Å². The van der Waals surface area contributed by atoms with Crippen LogP contribution in [0.25, 0.3) is 0 Å². The standard InChI is InChI=1S/C19H30O/c1-13-9-16(19(3,4)5)10-14(2)18(13)12-17(20)11-15-7-6-8-15/h9-10,15,17,20H,6-8,11-12H2,1-5H3. The summed E-state index contributed by atoms with van der Waals surface area (Å²) in [5.41, 5.74) is 5.61. The molecule has 1 N–H and O–H groups in total. The number of aliphatic hydroxyl groups excluding tert-OH is 1. The summed E-state index contributed by atoms with van der Waals surface area (Å²) in [7, 11) is 0. The summed E-state index contributed by atoms with van der Waals surface area (Å²) in [5.74, 6) is 0.777. The van der Waals surface area contributed by atoms with Crippen LogP contribution in [0.3, 0.4) is 0 Å². The average Bonchev–Trinajstić information content (AvgIpc) is 2.27. The molecular weight excluding hydrogens is 244 g/mol. The molecule has 1 heteroatoms. The molecule has 1 aliphatic rings. The van der Waals surface area contributed by atoms with E-state index in [1.54, 1.807) is 0 Å². The molecule has 0 radical (unpaired) electrons. The lowest BCUT2D eigenvalue weighted by Crippen LogP contribution is -2.22. The van der Waals surface area contributed by atoms with Gasteiger partial charge in [-0.1, -0.05) is 52.2 Å². The molecule has 0 bridgehead atoms. The number of hydrogen-bond donors (Lipinski definition) is 1. The Kier molecular flexibility index (Phi) is 4.59. The van der Waals surface area contributed by atoms with Crippen molar-refractivity contribution in [2.24, 2.45) is 5.92 Å². The molecule has 0 aromatic heterocycles. The van der Waals surface area contributed by atoms with E-state index in [4.69, 9.17) is 0 Å². The van der Waals surface area contributed by atoms with Crippen molar-refractivity contribution in [3.63, 3.8) is 0 Å². The first-order valence-electron chi connectivity index (χ1n) is 8.06. The summed E-state index contributed by atoms with van der Waals surface area (Å²) in [6, 6.07) is 4.61. The summed E-state index contributed by atoms with van der Waals surface area (Å²) >= 11 is 0. The van der Waals surface area contributed by atoms with Gasteiger partial charge in [0, 0.05) is 0 Å². The smallest absolute Gasteiger partial charge is 0.0583 e. The summed E-state index contributed by atoms with van der Waals surface area (Å²) in [6.45, 7) is 11.1. The minimum Gasteiger partial charge on any atom is -0.393 e. The van der Waals surface area contributed by atoms with Gasteiger partial charge in [-0.15, -0.1) is 0 Å². The highest BCUT2D eigenvalue weighted by molar-refractivity contribution is 5.40. The Hall–Kier alpha value is -0.820. The van der Waals surface area contributed by atoms with Gasteiger partial charge in [0.25, 0.3) is 0 Å². The van der Waals surface area contributed by atoms with Gasteiger partial charge in [0.15, 0.2) is 0 Å². The second-order valence-corrected chi connectivity index (χ2v) is 7.73. The zero-order chi connectivity index (χ0) is 14.9. The molecule has 1 atom stereocenters. The minimum atomic E-state index is -0.168. The Morgan fingerprint density at radius 2 is 1.70 bits per heavy atom. The van der Waals surface area contributed by atoms with E-state index in [9.17, 15) is 5.11 Å². The highest BCUT2D eigenvalue weighted by Crippen LogP contribution is 2.32. The summed E-state index contributed by atoms with van der Waals surface area (Å²) in [6.07, 6.45) is 5.63. The topological polar surface area (TPSA) is 20.2 Å². The highest BCUT2D eigenvalue weighted by Gasteiger charge is 2.22. The molecule has 0 saturated heterocycles. The predicted octanol–water partition coefficient (Wildman–Crippen LogP) is 4.69. The molecule has 20 heavy (non-hydrogen) atoms. The Bertz CT molecular complexity index is 440. The molecule has 0 heterocycles. The largest absolute Gasteiger partial charge is 0.393 e. The van der Waals surface area contributed by atoms with Gasteiger partial charge in [0.2, 0.25) is 0 Å². The summed E-state index contributed by atoms with van der Waals surface area (Å²) < 4.78 is 0. The third kappa shape index (κ3) is 3.63. The maximum atomic E-state index is 10.3. The lowest BCUT2D eigenvalue weighted by molar-refractivity contribution is 0.117. The molecule has 1 aromatic carbocycles. The molecule has 112 valence electrons. The molecule has 1 saturated carbocycles. The maximum absolute atomic E-state index is 10.3. The van der Waals surface area contributed by atoms with Crippen LogP contribution < -0.4 is 0 Å². The van der Waals surface area contributed by atoms with Gasteiger partial charge in [-0.3, -0.25) is 0 Å². The molecule has 2 rings (SSSR count). The van der Waals surface area contributed by atoms with Crippen LogP contribution in [0.15, 0.2) is 12.1 Å². The monoisotopic (exact) mass is 274 g/mol. The van der Waals surface area contributed by atoms with Gasteiger partial charge in [-0.05, 0) is 60.3 Å². The number of aryl methyl sites for hydroxylation is 2. The molecule has 0 amide bonds. The maximum Gasteiger partial charge on any atom is 0.0583 e. The van der Waals surface area contributed by atoms with E-state index in [1.807, 2.05) is 0 Å². The molecule has 0 aliphatic heterocycles. The van der Waals surface area contributed by atoms with E-state index in [0.717, 1.165) is 18.8 Å². The first-order valence-corrected chi connectivity index (χ1v) is 8.06. The van der Waals surface area contributed by atoms with E-state index >= 15 is 0 Å². The van der Waals surface area contributed by atoms with Gasteiger partial charge in [-0.2, -0.15) is 0 Å². The third-order valence-corrected chi connectivity index (χ3v) is 4.83. The van der Waals surface area contributed by atoms with E-state index in [-0.39, 0.29) is 11.5 Å². The van der Waals surface area contributed by atoms with Crippen LogP contribution in [-0.4, -0.2) is 11.2 Å². The van der Waals surface area contributed by atoms with E-state index < -0.39 is 0 Å². The van der Waals surface area contributed by atoms with E-state index in [1.165, 1.54) is 41.5 Å². The fourth-order valence-electron chi connectivity index (χ4n) is 3.18. The van der Waals surface area contributed by atoms with Gasteiger partial charge in [0.05, 0.1) is 6.10 Å². The predicted molar refractivity (Wildman–Crippen MR) is 86.3 cm³/mol. The van der Waals surface area contributed by atoms with Crippen LogP contribution in [0.2, 0.25) is 0 Å². The van der Waals surface area contributed by atoms with Crippen LogP contribution in [0.1, 0.15) is 68.7 Å². The van der Waals surface area contributed by atoms with Crippen molar-refractivity contribution in [2.45, 2.75) is 78.2 Å². The Morgan fingerprint density at radius 3 is 2.10 bits per heavy atom. The second kappa shape index (κ2) is 5.89. The van der Waals surface area contributed by atoms with Crippen molar-refractivity contribution in [3.05, 3.63) is 34.4 Å². The lowest BCUT2D eigenvalue weighted by atomic mass is 9.79. The average molecular weight is 274 g/mol. The van der Waals surface area contributed by atoms with Gasteiger partial charge < -0.3 is 5.11 Å². The second-order valence-electron chi connectivity index (χ2n) is 7.73. The minimum absolute atomic E-state index is 0.168. The zero-order valence-electron chi connectivity index (χ0n) is 13.8. The van der Waals surface area contributed by atoms with Crippen LogP contribution in [-0.2, 0) is 11.8 Å². The molecule has 1 aromatic rings. The molecule has 1 aliphatic carbocycles. The molecule has 1 nitrogen and oxygen atoms in total. The van der Waals surface area contributed by atoms with Gasteiger partial charge >= 0.3 is 0 Å².